The van der Waals surface area contributed by atoms with Gasteiger partial charge in [0.05, 0.1) is 18.3 Å². The summed E-state index contributed by atoms with van der Waals surface area (Å²) in [6, 6.07) is 32.2. The zero-order valence-electron chi connectivity index (χ0n) is 49.1. The highest BCUT2D eigenvalue weighted by Gasteiger charge is 2.47. The van der Waals surface area contributed by atoms with Crippen molar-refractivity contribution in [2.24, 2.45) is 71.0 Å². The number of carboxylic acids is 2. The van der Waals surface area contributed by atoms with Crippen LogP contribution < -0.4 is 0 Å². The second-order valence-electron chi connectivity index (χ2n) is 25.2. The molecule has 16 atom stereocenters. The minimum atomic E-state index is -0.727. The molecule has 1 saturated heterocycles. The van der Waals surface area contributed by atoms with Gasteiger partial charge in [-0.05, 0) is 203 Å². The molecule has 1 aliphatic heterocycles. The van der Waals surface area contributed by atoms with Gasteiger partial charge in [-0.1, -0.05) is 176 Å². The Morgan fingerprint density at radius 2 is 0.872 bits per heavy atom. The molecule has 1 unspecified atom stereocenters. The first-order valence-electron chi connectivity index (χ1n) is 31.1. The standard InChI is InChI=1S/2C25H38O3.C20H30O2/c1-19(14-16-21-10-6-5-7-11-21)15-17-22-20(2)18-24(26)23(22)12-8-3-4-9-13-25(27)28;1-19(14-16-21-10-6-5-7-11-21)15-17-23-22(20(2)18-24(23)26)12-8-3-4-9-13-25(27)28;1-14(8-10-16-6-4-3-5-7-16)9-11-17-15(2)12-19-18(17)13-20(21)22-19/h2*3,5-8,10-11,19-20,22-24,26H,4,9,12-18H2,1-2H3,(H,27,28);3-7,14-15,17-21H,8-13H2,1-2H3/b2*8-3-;/t19-,20+,22-,23+,24-;19-,20-,22-,23+,24+;14-,15+,17-,18+,19-,20?/m000/s1. The number of ether oxygens (including phenoxy) is 1. The van der Waals surface area contributed by atoms with E-state index in [-0.39, 0.29) is 25.0 Å². The van der Waals surface area contributed by atoms with E-state index in [1.165, 1.54) is 74.5 Å². The Balaban J connectivity index is 0.000000217. The highest BCUT2D eigenvalue weighted by Crippen LogP contribution is 2.48. The zero-order chi connectivity index (χ0) is 56.2. The molecule has 3 aliphatic carbocycles. The topological polar surface area (TPSA) is 145 Å². The lowest BCUT2D eigenvalue weighted by atomic mass is 9.81. The van der Waals surface area contributed by atoms with Gasteiger partial charge in [0.15, 0.2) is 6.29 Å². The number of unbranched alkanes of at least 4 members (excludes halogenated alkanes) is 2. The van der Waals surface area contributed by atoms with Crippen molar-refractivity contribution in [1.29, 1.82) is 0 Å². The van der Waals surface area contributed by atoms with E-state index in [0.717, 1.165) is 88.4 Å². The predicted octanol–water partition coefficient (Wildman–Crippen LogP) is 16.2. The molecule has 434 valence electrons. The Bertz CT molecular complexity index is 2020. The lowest BCUT2D eigenvalue weighted by Crippen LogP contribution is -2.20. The fraction of sp³-hybridized carbons (Fsp3) is 0.657. The van der Waals surface area contributed by atoms with Crippen molar-refractivity contribution < 1.29 is 39.9 Å². The first-order chi connectivity index (χ1) is 37.6. The van der Waals surface area contributed by atoms with Gasteiger partial charge in [-0.15, -0.1) is 0 Å². The summed E-state index contributed by atoms with van der Waals surface area (Å²) >= 11 is 0. The van der Waals surface area contributed by atoms with Crippen molar-refractivity contribution in [2.45, 2.75) is 220 Å². The van der Waals surface area contributed by atoms with Crippen molar-refractivity contribution in [2.75, 3.05) is 0 Å². The molecule has 3 saturated carbocycles. The van der Waals surface area contributed by atoms with E-state index in [1.807, 2.05) is 0 Å². The molecule has 4 aliphatic rings. The van der Waals surface area contributed by atoms with Gasteiger partial charge < -0.3 is 30.3 Å². The summed E-state index contributed by atoms with van der Waals surface area (Å²) in [5, 5.41) is 48.2. The number of aliphatic carboxylic acids is 2. The number of hydrogen-bond acceptors (Lipinski definition) is 6. The number of benzene rings is 3. The van der Waals surface area contributed by atoms with E-state index in [1.54, 1.807) is 0 Å². The summed E-state index contributed by atoms with van der Waals surface area (Å²) < 4.78 is 5.65. The summed E-state index contributed by atoms with van der Waals surface area (Å²) in [4.78, 5) is 21.1. The third-order valence-corrected chi connectivity index (χ3v) is 18.9. The molecular weight excluding hydrogens is 969 g/mol. The van der Waals surface area contributed by atoms with Crippen LogP contribution in [0.4, 0.5) is 0 Å². The molecule has 4 fully saturated rings. The van der Waals surface area contributed by atoms with Crippen molar-refractivity contribution in [1.82, 2.24) is 0 Å². The molecule has 3 aromatic carbocycles. The van der Waals surface area contributed by atoms with Gasteiger partial charge in [0, 0.05) is 19.3 Å². The van der Waals surface area contributed by atoms with Crippen LogP contribution in [0.3, 0.4) is 0 Å². The third-order valence-electron chi connectivity index (χ3n) is 18.9. The van der Waals surface area contributed by atoms with Gasteiger partial charge in [-0.2, -0.15) is 0 Å². The molecule has 5 N–H and O–H groups in total. The smallest absolute Gasteiger partial charge is 0.303 e. The average molecular weight is 1080 g/mol. The zero-order valence-corrected chi connectivity index (χ0v) is 49.1. The van der Waals surface area contributed by atoms with Gasteiger partial charge >= 0.3 is 11.9 Å². The molecule has 0 bridgehead atoms. The normalized spacial score (nSPS) is 28.7. The summed E-state index contributed by atoms with van der Waals surface area (Å²) in [6.45, 7) is 14.0. The van der Waals surface area contributed by atoms with Gasteiger partial charge in [0.2, 0.25) is 0 Å². The SMILES string of the molecule is C[C@@H](CCc1ccccc1)CC[C@@H]1[C@@H](C/C=C\CCCC(=O)O)[C@@H](C)C[C@H]1O.C[C@@H](CCc1ccccc1)CC[C@@H]1[C@@H](C/C=C\CCCC(=O)O)[C@@H](O)C[C@H]1C.C[C@@H](CCc1ccccc1)CC[C@@H]1[C@H]2CC(O)O[C@H]2C[C@H]1C. The van der Waals surface area contributed by atoms with E-state index in [2.05, 4.69) is 157 Å². The molecule has 0 radical (unpaired) electrons. The van der Waals surface area contributed by atoms with Crippen LogP contribution >= 0.6 is 0 Å². The fourth-order valence-corrected chi connectivity index (χ4v) is 13.9. The average Bonchev–Trinajstić information content (AvgIpc) is 4.14. The molecule has 78 heavy (non-hydrogen) atoms. The minimum absolute atomic E-state index is 0.165. The molecule has 8 nitrogen and oxygen atoms in total. The van der Waals surface area contributed by atoms with Crippen LogP contribution in [-0.2, 0) is 33.6 Å². The second-order valence-corrected chi connectivity index (χ2v) is 25.2. The molecular formula is C70H106O8. The van der Waals surface area contributed by atoms with Crippen molar-refractivity contribution in [3.63, 3.8) is 0 Å². The predicted molar refractivity (Wildman–Crippen MR) is 320 cm³/mol. The Kier molecular flexibility index (Phi) is 29.6. The van der Waals surface area contributed by atoms with Crippen LogP contribution in [0.1, 0.15) is 193 Å². The van der Waals surface area contributed by atoms with E-state index in [9.17, 15) is 24.9 Å². The van der Waals surface area contributed by atoms with E-state index in [0.29, 0.717) is 72.2 Å². The summed E-state index contributed by atoms with van der Waals surface area (Å²) in [5.41, 5.74) is 4.29. The van der Waals surface area contributed by atoms with Gasteiger partial charge in [-0.25, -0.2) is 0 Å². The highest BCUT2D eigenvalue weighted by atomic mass is 16.6. The number of aryl methyl sites for hydroxylation is 3. The number of hydrogen-bond donors (Lipinski definition) is 5. The van der Waals surface area contributed by atoms with Gasteiger partial charge in [-0.3, -0.25) is 9.59 Å². The summed E-state index contributed by atoms with van der Waals surface area (Å²) in [7, 11) is 0. The first-order valence-corrected chi connectivity index (χ1v) is 31.1. The molecule has 8 heteroatoms. The molecule has 1 heterocycles. The van der Waals surface area contributed by atoms with Crippen molar-refractivity contribution >= 4 is 11.9 Å². The molecule has 0 aromatic heterocycles. The number of fused-ring (bicyclic) bond motifs is 1. The lowest BCUT2D eigenvalue weighted by Gasteiger charge is -2.24. The number of carbonyl (C=O) groups is 2. The van der Waals surface area contributed by atoms with Crippen molar-refractivity contribution in [3.8, 4) is 0 Å². The van der Waals surface area contributed by atoms with E-state index < -0.39 is 18.2 Å². The van der Waals surface area contributed by atoms with Crippen LogP contribution in [-0.4, -0.2) is 62.1 Å². The third kappa shape index (κ3) is 23.6. The number of rotatable bonds is 30. The second kappa shape index (κ2) is 35.6. The summed E-state index contributed by atoms with van der Waals surface area (Å²) in [5.74, 6) is 5.86. The highest BCUT2D eigenvalue weighted by molar-refractivity contribution is 5.66. The lowest BCUT2D eigenvalue weighted by molar-refractivity contribution is -0.138. The largest absolute Gasteiger partial charge is 0.481 e. The molecule has 0 amide bonds. The van der Waals surface area contributed by atoms with Gasteiger partial charge in [0.25, 0.3) is 0 Å². The maximum absolute atomic E-state index is 10.6. The number of carboxylic acid groups (broad SMARTS) is 2. The maximum atomic E-state index is 10.6. The Morgan fingerprint density at radius 1 is 0.487 bits per heavy atom. The van der Waals surface area contributed by atoms with Gasteiger partial charge in [0.1, 0.15) is 0 Å². The number of aliphatic hydroxyl groups is 3. The van der Waals surface area contributed by atoms with Crippen LogP contribution in [0.2, 0.25) is 0 Å². The quantitative estimate of drug-likeness (QED) is 0.0328. The Morgan fingerprint density at radius 3 is 1.32 bits per heavy atom. The number of allylic oxidation sites excluding steroid dienone is 4. The fourth-order valence-electron chi connectivity index (χ4n) is 13.9. The Labute approximate surface area is 473 Å². The van der Waals surface area contributed by atoms with Crippen LogP contribution in [0.5, 0.6) is 0 Å². The first kappa shape index (κ1) is 64.7. The van der Waals surface area contributed by atoms with E-state index >= 15 is 0 Å². The summed E-state index contributed by atoms with van der Waals surface area (Å²) in [6.07, 6.45) is 31.9. The minimum Gasteiger partial charge on any atom is -0.481 e. The van der Waals surface area contributed by atoms with Crippen LogP contribution in [0.25, 0.3) is 0 Å². The molecule has 3 aromatic rings. The monoisotopic (exact) mass is 1070 g/mol. The number of aliphatic hydroxyl groups excluding tert-OH is 3. The van der Waals surface area contributed by atoms with Crippen LogP contribution in [0, 0.1) is 71.0 Å². The van der Waals surface area contributed by atoms with E-state index in [4.69, 9.17) is 14.9 Å². The maximum Gasteiger partial charge on any atom is 0.303 e. The Hall–Kier alpha value is -4.08. The van der Waals surface area contributed by atoms with Crippen molar-refractivity contribution in [3.05, 3.63) is 132 Å². The van der Waals surface area contributed by atoms with Crippen LogP contribution in [0.15, 0.2) is 115 Å². The molecule has 0 spiro atoms. The molecule has 7 rings (SSSR count).